The van der Waals surface area contributed by atoms with Crippen LogP contribution >= 0.6 is 22.6 Å². The van der Waals surface area contributed by atoms with Crippen molar-refractivity contribution in [2.24, 2.45) is 17.8 Å². The lowest BCUT2D eigenvalue weighted by molar-refractivity contribution is -0.0987. The Morgan fingerprint density at radius 1 is 0.449 bits per heavy atom. The van der Waals surface area contributed by atoms with Gasteiger partial charge in [0, 0.05) is 70.8 Å². The average Bonchev–Trinajstić information content (AvgIpc) is 1.63. The summed E-state index contributed by atoms with van der Waals surface area (Å²) in [6.45, 7) is 37.2. The van der Waals surface area contributed by atoms with Gasteiger partial charge in [0.05, 0.1) is 63.7 Å². The molecule has 11 aromatic rings. The Balaban J connectivity index is 0.000000300. The van der Waals surface area contributed by atoms with Crippen LogP contribution in [0.25, 0.3) is 33.5 Å². The molecule has 0 radical (unpaired) electrons. The van der Waals surface area contributed by atoms with Crippen LogP contribution in [0.3, 0.4) is 0 Å². The summed E-state index contributed by atoms with van der Waals surface area (Å²) in [6, 6.07) is 26.0. The Kier molecular flexibility index (Phi) is 39.7. The summed E-state index contributed by atoms with van der Waals surface area (Å²) in [5, 5.41) is 18.5. The van der Waals surface area contributed by atoms with E-state index < -0.39 is 125 Å². The van der Waals surface area contributed by atoms with Gasteiger partial charge in [-0.1, -0.05) is 137 Å². The maximum absolute atomic E-state index is 14.9. The highest BCUT2D eigenvalue weighted by Gasteiger charge is 2.48. The van der Waals surface area contributed by atoms with E-state index in [1.807, 2.05) is 94.8 Å². The van der Waals surface area contributed by atoms with E-state index >= 15 is 0 Å². The third-order valence-corrected chi connectivity index (χ3v) is 27.3. The molecule has 5 saturated heterocycles. The standard InChI is InChI=1S/C51H56N12O12P2.C30H34N7O9P.3C2H6.3CH2O/c1-6-35-34(20-40(72-35)62-28-56-42-44(52-26-54-46(42)62)58-49(65)32-15-11-9-12-16-32)25-76(68,7-2)70-24-38-36(75-77(69,8-3)71-23-37-30(4)19-39(73-37)61-22-31(5)48(64)60-51(61)67)21-41(74-38)63-29-57-43-45(53-27-55-47(43)63)59-50(66)33-17-13-10-14-18-33;1-4-47(42,43-14-22-17(2)10-23(45-22)36-12-18(3)28(39)35-30(36)41)46-20-11-24(44-21(20)13-38)37-16-33-25-26(31-15-32-27(25)37)34-29(40)19-8-6-5-7-9-19;6*1-2/h7-18,22,26-30,34-41H,2-3,6,19-21,23-25H2,1,4-5H3,(H,60,64,67)(H,52,54,58,65)(H,53,55,59,66);4-9,12,15-17,20-24,38H,1,10-11,13-14H2,2-3H3,(H,35,39,41)(H,31,32,34,40);3*1-2H3;3*1H2/t30-,34?,35+,36-,37+,38+,39+,40+,41+,76?,77?;17-,20-,21+,22+,23+,24+,47?;;;;;;/m00....../s1. The van der Waals surface area contributed by atoms with Crippen LogP contribution in [0.2, 0.25) is 0 Å². The highest BCUT2D eigenvalue weighted by molar-refractivity contribution is 7.62. The number of H-pyrrole nitrogens is 2. The molecule has 18 atom stereocenters. The molecular formula is C90H114N19O24P3. The lowest BCUT2D eigenvalue weighted by Crippen LogP contribution is -2.33. The van der Waals surface area contributed by atoms with Crippen LogP contribution in [-0.2, 0) is 74.4 Å². The number of anilines is 3. The van der Waals surface area contributed by atoms with E-state index in [4.69, 9.17) is 60.7 Å². The number of benzene rings is 3. The van der Waals surface area contributed by atoms with Crippen LogP contribution in [0, 0.1) is 31.6 Å². The number of aliphatic hydroxyl groups excluding tert-OH is 1. The fourth-order valence-electron chi connectivity index (χ4n) is 15.4. The van der Waals surface area contributed by atoms with E-state index in [9.17, 15) is 52.4 Å². The zero-order chi connectivity index (χ0) is 99.3. The van der Waals surface area contributed by atoms with Crippen LogP contribution < -0.4 is 38.4 Å². The number of imidazole rings is 3. The van der Waals surface area contributed by atoms with Crippen molar-refractivity contribution in [2.45, 2.75) is 189 Å². The monoisotopic (exact) mass is 1940 g/mol. The van der Waals surface area contributed by atoms with E-state index in [0.29, 0.717) is 81.5 Å². The number of ether oxygens (including phenoxy) is 5. The van der Waals surface area contributed by atoms with Crippen molar-refractivity contribution in [1.82, 2.24) is 77.7 Å². The number of nitrogens with zero attached hydrogens (tertiary/aromatic N) is 14. The van der Waals surface area contributed by atoms with Crippen molar-refractivity contribution in [3.05, 3.63) is 248 Å². The Labute approximate surface area is 782 Å². The summed E-state index contributed by atoms with van der Waals surface area (Å²) in [4.78, 5) is 156. The molecule has 0 aliphatic carbocycles. The summed E-state index contributed by atoms with van der Waals surface area (Å²) in [7, 11) is -11.8. The highest BCUT2D eigenvalue weighted by atomic mass is 31.2. The van der Waals surface area contributed by atoms with Crippen molar-refractivity contribution in [1.29, 1.82) is 0 Å². The molecule has 8 aromatic heterocycles. The summed E-state index contributed by atoms with van der Waals surface area (Å²) in [5.74, 6) is 2.42. The minimum Gasteiger partial charge on any atom is -0.394 e. The molecule has 43 nitrogen and oxygen atoms in total. The van der Waals surface area contributed by atoms with Gasteiger partial charge in [-0.05, 0) is 99.5 Å². The fourth-order valence-corrected chi connectivity index (χ4v) is 19.6. The summed E-state index contributed by atoms with van der Waals surface area (Å²) < 4.78 is 113. The number of fused-ring (bicyclic) bond motifs is 3. The first-order valence-corrected chi connectivity index (χ1v) is 48.8. The maximum Gasteiger partial charge on any atom is 0.354 e. The van der Waals surface area contributed by atoms with E-state index in [1.54, 1.807) is 113 Å². The molecule has 16 rings (SSSR count). The molecule has 728 valence electrons. The Bertz CT molecular complexity index is 6280. The largest absolute Gasteiger partial charge is 0.394 e. The summed E-state index contributed by atoms with van der Waals surface area (Å²) in [5.41, 5.74) is 1.91. The SMILES string of the molecule is C=CP(=O)(CC1C[C@H](n2cnc3c(NC(=O)c4ccccc4)ncnc32)O[C@@H]1CC)OC[C@H]1O[C@@H](n2cnc3c(NC(=O)c4ccccc4)ncnc32)C[C@@H]1OP(=O)(C=C)OC[C@H]1O[C@@H](n2cc(C)c(=O)[nH]c2=O)C[C@@H]1C.C=CP(=O)(OC[C@H]1O[C@@H](n2cc(C)c(=O)[nH]c2=O)C[C@@H]1C)O[C@H]1C[C@H](n2cnc3c(NC(=O)c4ccccc4)ncnc32)O[C@@H]1CO.C=O.C=O.C=O.CC.CC.CC. The quantitative estimate of drug-likeness (QED) is 0.0220. The van der Waals surface area contributed by atoms with E-state index in [-0.39, 0.29) is 97.5 Å². The maximum atomic E-state index is 14.9. The molecule has 3 amide bonds. The number of aromatic nitrogens is 16. The Morgan fingerprint density at radius 3 is 1.12 bits per heavy atom. The molecule has 0 bridgehead atoms. The molecule has 5 aliphatic rings. The second kappa shape index (κ2) is 50.4. The molecule has 13 heterocycles. The van der Waals surface area contributed by atoms with Gasteiger partial charge in [-0.3, -0.25) is 79.5 Å². The number of rotatable bonds is 31. The van der Waals surface area contributed by atoms with Crippen LogP contribution in [0.5, 0.6) is 0 Å². The number of aryl methyl sites for hydroxylation is 2. The number of carbonyl (C=O) groups is 6. The Hall–Kier alpha value is -12.4. The second-order valence-electron chi connectivity index (χ2n) is 30.4. The molecule has 5 fully saturated rings. The summed E-state index contributed by atoms with van der Waals surface area (Å²) in [6.07, 6.45) is 4.60. The van der Waals surface area contributed by atoms with Gasteiger partial charge < -0.3 is 72.7 Å². The molecule has 5 aliphatic heterocycles. The fraction of sp³-hybridized carbons (Fsp3) is 0.411. The molecule has 3 aromatic carbocycles. The number of carbonyl (C=O) groups excluding carboxylic acids is 6. The van der Waals surface area contributed by atoms with Gasteiger partial charge in [0.15, 0.2) is 50.9 Å². The molecule has 0 spiro atoms. The van der Waals surface area contributed by atoms with Crippen molar-refractivity contribution in [2.75, 3.05) is 48.5 Å². The van der Waals surface area contributed by atoms with Gasteiger partial charge in [0.2, 0.25) is 7.37 Å². The highest BCUT2D eigenvalue weighted by Crippen LogP contribution is 2.58. The Morgan fingerprint density at radius 2 is 0.772 bits per heavy atom. The molecule has 46 heteroatoms. The van der Waals surface area contributed by atoms with Crippen molar-refractivity contribution >= 4 is 112 Å². The van der Waals surface area contributed by atoms with Crippen molar-refractivity contribution in [3.8, 4) is 0 Å². The van der Waals surface area contributed by atoms with Crippen LogP contribution in [0.15, 0.2) is 198 Å². The molecule has 6 N–H and O–H groups in total. The predicted octanol–water partition coefficient (Wildman–Crippen LogP) is 13.1. The van der Waals surface area contributed by atoms with Crippen molar-refractivity contribution < 1.29 is 93.9 Å². The lowest BCUT2D eigenvalue weighted by Gasteiger charge is -2.26. The first kappa shape index (κ1) is 107. The van der Waals surface area contributed by atoms with Gasteiger partial charge in [-0.25, -0.2) is 54.4 Å². The minimum absolute atomic E-state index is 0.0395. The number of nitrogens with one attached hydrogen (secondary N) is 5. The molecule has 4 unspecified atom stereocenters. The average molecular weight is 1940 g/mol. The van der Waals surface area contributed by atoms with Gasteiger partial charge in [-0.2, -0.15) is 0 Å². The number of aromatic amines is 2. The topological polar surface area (TPSA) is 543 Å². The number of amides is 3. The third kappa shape index (κ3) is 25.6. The van der Waals surface area contributed by atoms with E-state index in [1.165, 1.54) is 59.0 Å². The first-order chi connectivity index (χ1) is 65.7. The lowest BCUT2D eigenvalue weighted by atomic mass is 10.0. The zero-order valence-electron chi connectivity index (χ0n) is 77.1. The van der Waals surface area contributed by atoms with Crippen molar-refractivity contribution in [3.63, 3.8) is 0 Å². The van der Waals surface area contributed by atoms with Gasteiger partial charge >= 0.3 is 26.6 Å². The van der Waals surface area contributed by atoms with E-state index in [2.05, 4.69) is 90.5 Å². The number of hydrogen-bond acceptors (Lipinski definition) is 33. The molecule has 136 heavy (non-hydrogen) atoms. The number of hydrogen-bond donors (Lipinski definition) is 6. The smallest absolute Gasteiger partial charge is 0.354 e. The zero-order valence-corrected chi connectivity index (χ0v) is 79.8. The van der Waals surface area contributed by atoms with Crippen LogP contribution in [-0.4, -0.2) is 196 Å². The number of aliphatic hydroxyl groups is 1. The van der Waals surface area contributed by atoms with Crippen LogP contribution in [0.4, 0.5) is 17.5 Å². The third-order valence-electron chi connectivity index (χ3n) is 22.2. The second-order valence-corrected chi connectivity index (χ2v) is 36.7. The van der Waals surface area contributed by atoms with Gasteiger partial charge in [-0.15, -0.1) is 0 Å². The van der Waals surface area contributed by atoms with Gasteiger partial charge in [0.25, 0.3) is 28.8 Å². The minimum atomic E-state index is -4.18. The van der Waals surface area contributed by atoms with Crippen LogP contribution in [0.1, 0.15) is 174 Å². The normalized spacial score (nSPS) is 23.1. The molecule has 0 saturated carbocycles. The van der Waals surface area contributed by atoms with Gasteiger partial charge in [0.1, 0.15) is 94.9 Å². The molecular weight excluding hydrogens is 1820 g/mol. The summed E-state index contributed by atoms with van der Waals surface area (Å²) >= 11 is 0. The van der Waals surface area contributed by atoms with E-state index in [0.717, 1.165) is 11.6 Å². The predicted molar refractivity (Wildman–Crippen MR) is 504 cm³/mol. The first-order valence-electron chi connectivity index (χ1n) is 43.7.